The molecule has 0 bridgehead atoms. The van der Waals surface area contributed by atoms with Crippen LogP contribution in [0, 0.1) is 0 Å². The lowest BCUT2D eigenvalue weighted by atomic mass is 9.68. The van der Waals surface area contributed by atoms with Crippen LogP contribution in [-0.2, 0) is 5.41 Å². The van der Waals surface area contributed by atoms with Crippen molar-refractivity contribution in [3.63, 3.8) is 0 Å². The molecule has 0 saturated heterocycles. The van der Waals surface area contributed by atoms with E-state index < -0.39 is 0 Å². The molecule has 0 spiro atoms. The lowest BCUT2D eigenvalue weighted by Crippen LogP contribution is -2.32. The molecular weight excluding hydrogens is 478 g/mol. The third kappa shape index (κ3) is 3.07. The average molecular weight is 510 g/mol. The highest BCUT2D eigenvalue weighted by Crippen LogP contribution is 2.51. The number of anilines is 2. The fourth-order valence-corrected chi connectivity index (χ4v) is 6.82. The number of hydrogen-bond donors (Lipinski definition) is 0. The monoisotopic (exact) mass is 509 g/mol. The fourth-order valence-electron chi connectivity index (χ4n) is 6.82. The Balaban J connectivity index is 1.43. The van der Waals surface area contributed by atoms with Gasteiger partial charge in [-0.05, 0) is 60.0 Å². The van der Waals surface area contributed by atoms with E-state index in [0.29, 0.717) is 0 Å². The summed E-state index contributed by atoms with van der Waals surface area (Å²) in [6.07, 6.45) is 8.62. The van der Waals surface area contributed by atoms with Gasteiger partial charge in [0, 0.05) is 66.5 Å². The molecule has 5 aromatic rings. The average Bonchev–Trinajstić information content (AvgIpc) is 3.69. The first-order chi connectivity index (χ1) is 19.0. The Kier molecular flexibility index (Phi) is 4.55. The van der Waals surface area contributed by atoms with Crippen LogP contribution in [0.2, 0.25) is 0 Å². The number of fused-ring (bicyclic) bond motifs is 5. The summed E-state index contributed by atoms with van der Waals surface area (Å²) in [6, 6.07) is 31.9. The van der Waals surface area contributed by atoms with Gasteiger partial charge in [-0.15, -0.1) is 0 Å². The van der Waals surface area contributed by atoms with E-state index in [-0.39, 0.29) is 5.41 Å². The first-order valence-corrected chi connectivity index (χ1v) is 13.6. The topological polar surface area (TPSA) is 17.9 Å². The molecule has 0 fully saturated rings. The Morgan fingerprint density at radius 3 is 2.05 bits per heavy atom. The molecule has 5 nitrogen and oxygen atoms in total. The molecule has 1 aromatic heterocycles. The highest BCUT2D eigenvalue weighted by Gasteiger charge is 2.40. The van der Waals surface area contributed by atoms with Gasteiger partial charge < -0.3 is 24.2 Å². The quantitative estimate of drug-likeness (QED) is 0.266. The maximum absolute atomic E-state index is 2.49. The number of aromatic nitrogens is 1. The molecule has 5 heteroatoms. The summed E-state index contributed by atoms with van der Waals surface area (Å²) >= 11 is 0. The molecule has 0 N–H and O–H groups in total. The lowest BCUT2D eigenvalue weighted by molar-refractivity contribution is 0.495. The van der Waals surface area contributed by atoms with Crippen molar-refractivity contribution in [2.24, 2.45) is 0 Å². The van der Waals surface area contributed by atoms with Crippen LogP contribution >= 0.6 is 0 Å². The van der Waals surface area contributed by atoms with Gasteiger partial charge in [0.2, 0.25) is 0 Å². The molecule has 8 rings (SSSR count). The van der Waals surface area contributed by atoms with Gasteiger partial charge in [-0.2, -0.15) is 0 Å². The van der Waals surface area contributed by atoms with Gasteiger partial charge in [-0.1, -0.05) is 48.5 Å². The van der Waals surface area contributed by atoms with Crippen LogP contribution in [0.4, 0.5) is 11.4 Å². The van der Waals surface area contributed by atoms with Gasteiger partial charge in [-0.25, -0.2) is 0 Å². The Bertz CT molecular complexity index is 1850. The highest BCUT2D eigenvalue weighted by molar-refractivity contribution is 6.11. The largest absolute Gasteiger partial charge is 0.361 e. The Hall–Kier alpha value is -4.64. The van der Waals surface area contributed by atoms with E-state index in [1.165, 1.54) is 55.6 Å². The number of rotatable bonds is 3. The third-order valence-corrected chi connectivity index (χ3v) is 8.83. The number of para-hydroxylation sites is 2. The van der Waals surface area contributed by atoms with E-state index in [2.05, 4.69) is 155 Å². The summed E-state index contributed by atoms with van der Waals surface area (Å²) in [5.74, 6) is 0. The Morgan fingerprint density at radius 2 is 1.31 bits per heavy atom. The zero-order chi connectivity index (χ0) is 26.3. The van der Waals surface area contributed by atoms with Crippen molar-refractivity contribution in [3.8, 4) is 5.69 Å². The molecule has 0 radical (unpaired) electrons. The van der Waals surface area contributed by atoms with E-state index in [1.54, 1.807) is 0 Å². The molecule has 3 aliphatic heterocycles. The molecule has 192 valence electrons. The van der Waals surface area contributed by atoms with Crippen LogP contribution in [0.15, 0.2) is 110 Å². The van der Waals surface area contributed by atoms with Gasteiger partial charge in [0.25, 0.3) is 0 Å². The van der Waals surface area contributed by atoms with E-state index in [1.807, 2.05) is 0 Å². The Labute approximate surface area is 229 Å². The third-order valence-electron chi connectivity index (χ3n) is 8.83. The summed E-state index contributed by atoms with van der Waals surface area (Å²) in [4.78, 5) is 9.05. The summed E-state index contributed by atoms with van der Waals surface area (Å²) in [5.41, 5.74) is 9.91. The standard InChI is InChI=1S/C34H31N5/c1-34(24-8-6-9-25(20-24)37-18-16-35(2)22-37)29-12-7-11-28-27-10-4-5-13-31(27)39(33(28)29)32-15-14-26(21-30(32)34)38-19-17-36(3)23-38/h4-21H,22-23H2,1-3H3. The molecule has 1 atom stereocenters. The zero-order valence-electron chi connectivity index (χ0n) is 22.5. The maximum Gasteiger partial charge on any atom is 0.0938 e. The summed E-state index contributed by atoms with van der Waals surface area (Å²) in [5, 5.41) is 2.62. The van der Waals surface area contributed by atoms with Gasteiger partial charge in [0.15, 0.2) is 0 Å². The van der Waals surface area contributed by atoms with Crippen molar-refractivity contribution in [2.75, 3.05) is 37.2 Å². The molecule has 4 heterocycles. The van der Waals surface area contributed by atoms with Gasteiger partial charge >= 0.3 is 0 Å². The molecule has 0 amide bonds. The maximum atomic E-state index is 2.49. The molecule has 1 unspecified atom stereocenters. The van der Waals surface area contributed by atoms with Crippen molar-refractivity contribution >= 4 is 33.2 Å². The summed E-state index contributed by atoms with van der Waals surface area (Å²) in [7, 11) is 4.23. The van der Waals surface area contributed by atoms with E-state index in [0.717, 1.165) is 13.3 Å². The molecule has 0 aliphatic carbocycles. The second-order valence-corrected chi connectivity index (χ2v) is 11.3. The van der Waals surface area contributed by atoms with Gasteiger partial charge in [-0.3, -0.25) is 0 Å². The van der Waals surface area contributed by atoms with Crippen LogP contribution in [0.1, 0.15) is 23.6 Å². The summed E-state index contributed by atoms with van der Waals surface area (Å²) < 4.78 is 2.49. The minimum absolute atomic E-state index is 0.337. The number of hydrogen-bond acceptors (Lipinski definition) is 4. The smallest absolute Gasteiger partial charge is 0.0938 e. The van der Waals surface area contributed by atoms with Crippen LogP contribution in [0.3, 0.4) is 0 Å². The van der Waals surface area contributed by atoms with E-state index in [9.17, 15) is 0 Å². The second-order valence-electron chi connectivity index (χ2n) is 11.3. The zero-order valence-corrected chi connectivity index (χ0v) is 22.5. The van der Waals surface area contributed by atoms with Crippen molar-refractivity contribution < 1.29 is 0 Å². The van der Waals surface area contributed by atoms with Crippen LogP contribution < -0.4 is 9.80 Å². The molecule has 3 aliphatic rings. The summed E-state index contributed by atoms with van der Waals surface area (Å²) in [6.45, 7) is 4.13. The van der Waals surface area contributed by atoms with Gasteiger partial charge in [0.05, 0.1) is 30.1 Å². The molecular formula is C34H31N5. The lowest BCUT2D eigenvalue weighted by Gasteiger charge is -2.39. The SMILES string of the molecule is CN1C=CN(c2cccc(C3(C)c4cc(N5C=CN(C)C5)ccc4-n4c5ccccc5c5cccc3c54)c2)C1. The van der Waals surface area contributed by atoms with E-state index >= 15 is 0 Å². The highest BCUT2D eigenvalue weighted by atomic mass is 15.3. The van der Waals surface area contributed by atoms with E-state index in [4.69, 9.17) is 0 Å². The number of nitrogens with zero attached hydrogens (tertiary/aromatic N) is 5. The predicted molar refractivity (Wildman–Crippen MR) is 161 cm³/mol. The molecule has 39 heavy (non-hydrogen) atoms. The van der Waals surface area contributed by atoms with Crippen molar-refractivity contribution in [2.45, 2.75) is 12.3 Å². The van der Waals surface area contributed by atoms with Crippen LogP contribution in [0.25, 0.3) is 27.5 Å². The first kappa shape index (κ1) is 22.4. The first-order valence-electron chi connectivity index (χ1n) is 13.6. The van der Waals surface area contributed by atoms with Crippen molar-refractivity contribution in [3.05, 3.63) is 126 Å². The fraction of sp³-hybridized carbons (Fsp3) is 0.176. The van der Waals surface area contributed by atoms with Crippen LogP contribution in [-0.4, -0.2) is 41.8 Å². The minimum Gasteiger partial charge on any atom is -0.361 e. The van der Waals surface area contributed by atoms with Crippen LogP contribution in [0.5, 0.6) is 0 Å². The normalized spacial score (nSPS) is 19.7. The number of benzene rings is 4. The predicted octanol–water partition coefficient (Wildman–Crippen LogP) is 6.81. The second kappa shape index (κ2) is 7.93. The molecule has 4 aromatic carbocycles. The minimum atomic E-state index is -0.337. The molecule has 0 saturated carbocycles. The Morgan fingerprint density at radius 1 is 0.615 bits per heavy atom. The van der Waals surface area contributed by atoms with Gasteiger partial charge in [0.1, 0.15) is 0 Å². The van der Waals surface area contributed by atoms with Crippen molar-refractivity contribution in [1.29, 1.82) is 0 Å². The van der Waals surface area contributed by atoms with Crippen molar-refractivity contribution in [1.82, 2.24) is 14.4 Å².